The summed E-state index contributed by atoms with van der Waals surface area (Å²) in [5.41, 5.74) is 2.02. The molecule has 0 atom stereocenters. The molecule has 0 aliphatic rings. The number of para-hydroxylation sites is 1. The third kappa shape index (κ3) is 4.55. The van der Waals surface area contributed by atoms with Crippen molar-refractivity contribution in [1.29, 1.82) is 0 Å². The average molecular weight is 327 g/mol. The number of nitrogens with zero attached hydrogens (tertiary/aromatic N) is 1. The van der Waals surface area contributed by atoms with Crippen molar-refractivity contribution in [2.24, 2.45) is 0 Å². The van der Waals surface area contributed by atoms with Gasteiger partial charge in [0.05, 0.1) is 18.4 Å². The van der Waals surface area contributed by atoms with Crippen LogP contribution in [0.1, 0.15) is 40.6 Å². The maximum atomic E-state index is 12.1. The zero-order valence-corrected chi connectivity index (χ0v) is 13.8. The Morgan fingerprint density at radius 1 is 1.21 bits per heavy atom. The van der Waals surface area contributed by atoms with E-state index in [0.29, 0.717) is 29.2 Å². The normalized spacial score (nSPS) is 10.1. The second kappa shape index (κ2) is 8.67. The van der Waals surface area contributed by atoms with E-state index in [4.69, 9.17) is 4.74 Å². The number of rotatable bonds is 7. The fraction of sp³-hybridized carbons (Fsp3) is 0.278. The summed E-state index contributed by atoms with van der Waals surface area (Å²) in [6, 6.07) is 10.4. The van der Waals surface area contributed by atoms with Crippen LogP contribution in [0, 0.1) is 0 Å². The molecule has 0 saturated heterocycles. The zero-order chi connectivity index (χ0) is 17.4. The van der Waals surface area contributed by atoms with Crippen LogP contribution in [0.2, 0.25) is 0 Å². The molecule has 1 aromatic heterocycles. The highest BCUT2D eigenvalue weighted by Crippen LogP contribution is 2.21. The van der Waals surface area contributed by atoms with Crippen molar-refractivity contribution in [3.05, 3.63) is 53.9 Å². The molecule has 0 saturated carbocycles. The van der Waals surface area contributed by atoms with Gasteiger partial charge in [0.2, 0.25) is 0 Å². The lowest BCUT2D eigenvalue weighted by atomic mass is 10.1. The van der Waals surface area contributed by atoms with Gasteiger partial charge < -0.3 is 15.4 Å². The molecule has 126 valence electrons. The highest BCUT2D eigenvalue weighted by molar-refractivity contribution is 5.97. The van der Waals surface area contributed by atoms with Gasteiger partial charge >= 0.3 is 5.97 Å². The number of hydrogen-bond acceptors (Lipinski definition) is 5. The number of carbonyl (C=O) groups excluding carboxylic acids is 2. The van der Waals surface area contributed by atoms with Gasteiger partial charge in [-0.3, -0.25) is 9.78 Å². The van der Waals surface area contributed by atoms with Crippen LogP contribution in [0.5, 0.6) is 0 Å². The minimum atomic E-state index is -0.426. The summed E-state index contributed by atoms with van der Waals surface area (Å²) in [4.78, 5) is 28.0. The van der Waals surface area contributed by atoms with E-state index in [0.717, 1.165) is 12.8 Å². The molecule has 1 amide bonds. The fourth-order valence-electron chi connectivity index (χ4n) is 2.14. The van der Waals surface area contributed by atoms with Gasteiger partial charge in [-0.05, 0) is 30.7 Å². The largest absolute Gasteiger partial charge is 0.465 e. The standard InChI is InChI=1S/C18H21N3O3/c1-3-4-10-20-17(22)16-12-13(9-11-19-16)21-15-8-6-5-7-14(15)18(23)24-2/h5-9,11-12H,3-4,10H2,1-2H3,(H,19,21)(H,20,22). The van der Waals surface area contributed by atoms with Crippen molar-refractivity contribution < 1.29 is 14.3 Å². The summed E-state index contributed by atoms with van der Waals surface area (Å²) >= 11 is 0. The number of amides is 1. The van der Waals surface area contributed by atoms with E-state index in [9.17, 15) is 9.59 Å². The number of pyridine rings is 1. The van der Waals surface area contributed by atoms with Crippen molar-refractivity contribution in [1.82, 2.24) is 10.3 Å². The van der Waals surface area contributed by atoms with Gasteiger partial charge in [-0.25, -0.2) is 4.79 Å². The third-order valence-electron chi connectivity index (χ3n) is 3.42. The monoisotopic (exact) mass is 327 g/mol. The number of benzene rings is 1. The molecule has 24 heavy (non-hydrogen) atoms. The van der Waals surface area contributed by atoms with Crippen molar-refractivity contribution in [3.63, 3.8) is 0 Å². The summed E-state index contributed by atoms with van der Waals surface area (Å²) in [7, 11) is 1.34. The summed E-state index contributed by atoms with van der Waals surface area (Å²) in [5, 5.41) is 5.96. The zero-order valence-electron chi connectivity index (χ0n) is 13.8. The lowest BCUT2D eigenvalue weighted by molar-refractivity contribution is 0.0601. The van der Waals surface area contributed by atoms with Crippen LogP contribution in [0.15, 0.2) is 42.6 Å². The average Bonchev–Trinajstić information content (AvgIpc) is 2.62. The van der Waals surface area contributed by atoms with Crippen molar-refractivity contribution in [3.8, 4) is 0 Å². The summed E-state index contributed by atoms with van der Waals surface area (Å²) in [5.74, 6) is -0.641. The Balaban J connectivity index is 2.15. The summed E-state index contributed by atoms with van der Waals surface area (Å²) in [6.45, 7) is 2.69. The number of methoxy groups -OCH3 is 1. The Kier molecular flexibility index (Phi) is 6.31. The Hall–Kier alpha value is -2.89. The van der Waals surface area contributed by atoms with Gasteiger partial charge in [-0.2, -0.15) is 0 Å². The Morgan fingerprint density at radius 2 is 2.00 bits per heavy atom. The molecule has 0 spiro atoms. The highest BCUT2D eigenvalue weighted by atomic mass is 16.5. The molecule has 0 fully saturated rings. The van der Waals surface area contributed by atoms with Crippen molar-refractivity contribution in [2.45, 2.75) is 19.8 Å². The maximum absolute atomic E-state index is 12.1. The van der Waals surface area contributed by atoms with E-state index < -0.39 is 5.97 Å². The summed E-state index contributed by atoms with van der Waals surface area (Å²) < 4.78 is 4.78. The van der Waals surface area contributed by atoms with Gasteiger partial charge in [0.1, 0.15) is 5.69 Å². The number of ether oxygens (including phenoxy) is 1. The van der Waals surface area contributed by atoms with Gasteiger partial charge in [-0.15, -0.1) is 0 Å². The minimum absolute atomic E-state index is 0.214. The van der Waals surface area contributed by atoms with E-state index in [1.54, 1.807) is 36.5 Å². The fourth-order valence-corrected chi connectivity index (χ4v) is 2.14. The SMILES string of the molecule is CCCCNC(=O)c1cc(Nc2ccccc2C(=O)OC)ccn1. The Bertz CT molecular complexity index is 716. The van der Waals surface area contributed by atoms with Crippen LogP contribution in [-0.2, 0) is 4.74 Å². The highest BCUT2D eigenvalue weighted by Gasteiger charge is 2.12. The van der Waals surface area contributed by atoms with Crippen LogP contribution in [0.4, 0.5) is 11.4 Å². The molecule has 1 heterocycles. The molecule has 2 N–H and O–H groups in total. The molecule has 6 nitrogen and oxygen atoms in total. The lowest BCUT2D eigenvalue weighted by Crippen LogP contribution is -2.25. The van der Waals surface area contributed by atoms with Gasteiger partial charge in [0, 0.05) is 18.4 Å². The van der Waals surface area contributed by atoms with Crippen LogP contribution in [0.3, 0.4) is 0 Å². The van der Waals surface area contributed by atoms with E-state index in [2.05, 4.69) is 22.5 Å². The number of unbranched alkanes of at least 4 members (excludes halogenated alkanes) is 1. The quantitative estimate of drug-likeness (QED) is 0.603. The first kappa shape index (κ1) is 17.5. The van der Waals surface area contributed by atoms with Crippen LogP contribution in [0.25, 0.3) is 0 Å². The number of esters is 1. The molecule has 0 unspecified atom stereocenters. The molecule has 0 radical (unpaired) electrons. The number of hydrogen-bond donors (Lipinski definition) is 2. The van der Waals surface area contributed by atoms with Crippen LogP contribution < -0.4 is 10.6 Å². The van der Waals surface area contributed by atoms with Gasteiger partial charge in [0.15, 0.2) is 0 Å². The predicted octanol–water partition coefficient (Wildman–Crippen LogP) is 3.14. The van der Waals surface area contributed by atoms with Crippen LogP contribution >= 0.6 is 0 Å². The number of nitrogens with one attached hydrogen (secondary N) is 2. The first-order valence-electron chi connectivity index (χ1n) is 7.84. The second-order valence-electron chi connectivity index (χ2n) is 5.20. The van der Waals surface area contributed by atoms with E-state index in [1.165, 1.54) is 7.11 Å². The molecule has 1 aromatic carbocycles. The molecule has 6 heteroatoms. The maximum Gasteiger partial charge on any atom is 0.339 e. The topological polar surface area (TPSA) is 80.3 Å². The first-order chi connectivity index (χ1) is 11.7. The molecule has 2 aromatic rings. The van der Waals surface area contributed by atoms with Crippen LogP contribution in [-0.4, -0.2) is 30.5 Å². The van der Waals surface area contributed by atoms with E-state index >= 15 is 0 Å². The molecular weight excluding hydrogens is 306 g/mol. The predicted molar refractivity (Wildman–Crippen MR) is 92.5 cm³/mol. The lowest BCUT2D eigenvalue weighted by Gasteiger charge is -2.11. The van der Waals surface area contributed by atoms with Gasteiger partial charge in [-0.1, -0.05) is 25.5 Å². The summed E-state index contributed by atoms with van der Waals surface area (Å²) in [6.07, 6.45) is 3.49. The van der Waals surface area contributed by atoms with Crippen molar-refractivity contribution >= 4 is 23.3 Å². The Morgan fingerprint density at radius 3 is 2.75 bits per heavy atom. The molecule has 2 rings (SSSR count). The number of anilines is 2. The van der Waals surface area contributed by atoms with E-state index in [-0.39, 0.29) is 5.91 Å². The van der Waals surface area contributed by atoms with Crippen molar-refractivity contribution in [2.75, 3.05) is 19.0 Å². The minimum Gasteiger partial charge on any atom is -0.465 e. The number of aromatic nitrogens is 1. The number of carbonyl (C=O) groups is 2. The first-order valence-corrected chi connectivity index (χ1v) is 7.84. The van der Waals surface area contributed by atoms with Gasteiger partial charge in [0.25, 0.3) is 5.91 Å². The third-order valence-corrected chi connectivity index (χ3v) is 3.42. The molecule has 0 aliphatic carbocycles. The molecule has 0 bridgehead atoms. The molecular formula is C18H21N3O3. The Labute approximate surface area is 141 Å². The second-order valence-corrected chi connectivity index (χ2v) is 5.20. The van der Waals surface area contributed by atoms with E-state index in [1.807, 2.05) is 6.07 Å². The smallest absolute Gasteiger partial charge is 0.339 e. The molecule has 0 aliphatic heterocycles.